The highest BCUT2D eigenvalue weighted by Crippen LogP contribution is 2.16. The Balaban J connectivity index is 1.57. The zero-order valence-electron chi connectivity index (χ0n) is 14.5. The third-order valence-corrected chi connectivity index (χ3v) is 4.68. The molecule has 128 valence electrons. The number of methoxy groups -OCH3 is 1. The Morgan fingerprint density at radius 3 is 2.78 bits per heavy atom. The highest BCUT2D eigenvalue weighted by atomic mass is 16.5. The topological polar surface area (TPSA) is 41.6 Å². The maximum atomic E-state index is 11.9. The molecular formula is C19H30N2O2. The van der Waals surface area contributed by atoms with Crippen molar-refractivity contribution in [3.63, 3.8) is 0 Å². The zero-order valence-corrected chi connectivity index (χ0v) is 14.5. The highest BCUT2D eigenvalue weighted by Gasteiger charge is 2.17. The van der Waals surface area contributed by atoms with E-state index in [2.05, 4.69) is 17.1 Å². The molecule has 2 rings (SSSR count). The van der Waals surface area contributed by atoms with Gasteiger partial charge in [-0.25, -0.2) is 0 Å². The molecule has 1 aliphatic heterocycles. The smallest absolute Gasteiger partial charge is 0.220 e. The van der Waals surface area contributed by atoms with Crippen LogP contribution in [0.15, 0.2) is 24.3 Å². The third-order valence-electron chi connectivity index (χ3n) is 4.68. The van der Waals surface area contributed by atoms with E-state index in [1.165, 1.54) is 31.4 Å². The van der Waals surface area contributed by atoms with E-state index in [0.717, 1.165) is 31.7 Å². The minimum Gasteiger partial charge on any atom is -0.497 e. The molecule has 1 aliphatic rings. The Hall–Kier alpha value is -1.55. The van der Waals surface area contributed by atoms with Crippen LogP contribution in [0.1, 0.15) is 44.6 Å². The van der Waals surface area contributed by atoms with E-state index in [1.807, 2.05) is 24.3 Å². The molecule has 1 saturated heterocycles. The summed E-state index contributed by atoms with van der Waals surface area (Å²) in [5, 5.41) is 3.04. The summed E-state index contributed by atoms with van der Waals surface area (Å²) in [6, 6.07) is 8.61. The number of likely N-dealkylation sites (tertiary alicyclic amines) is 1. The fourth-order valence-corrected chi connectivity index (χ4v) is 3.14. The quantitative estimate of drug-likeness (QED) is 0.749. The molecule has 1 aromatic carbocycles. The number of nitrogens with one attached hydrogen (secondary N) is 1. The maximum absolute atomic E-state index is 11.9. The molecule has 4 nitrogen and oxygen atoms in total. The van der Waals surface area contributed by atoms with E-state index >= 15 is 0 Å². The number of piperidine rings is 1. The van der Waals surface area contributed by atoms with E-state index < -0.39 is 0 Å². The maximum Gasteiger partial charge on any atom is 0.220 e. The highest BCUT2D eigenvalue weighted by molar-refractivity contribution is 5.76. The number of benzene rings is 1. The van der Waals surface area contributed by atoms with Crippen molar-refractivity contribution >= 4 is 5.91 Å². The largest absolute Gasteiger partial charge is 0.497 e. The molecule has 1 unspecified atom stereocenters. The van der Waals surface area contributed by atoms with Crippen molar-refractivity contribution in [3.8, 4) is 5.75 Å². The van der Waals surface area contributed by atoms with E-state index in [1.54, 1.807) is 7.11 Å². The second kappa shape index (κ2) is 9.56. The van der Waals surface area contributed by atoms with E-state index in [0.29, 0.717) is 12.5 Å². The zero-order chi connectivity index (χ0) is 16.5. The summed E-state index contributed by atoms with van der Waals surface area (Å²) in [6.45, 7) is 5.41. The van der Waals surface area contributed by atoms with E-state index in [4.69, 9.17) is 4.74 Å². The van der Waals surface area contributed by atoms with Gasteiger partial charge >= 0.3 is 0 Å². The number of aryl methyl sites for hydroxylation is 1. The SMILES string of the molecule is COc1ccc(CCC(=O)NCCCN2CCCCC2C)cc1. The standard InChI is InChI=1S/C19H30N2O2/c1-16-6-3-4-14-21(16)15-5-13-20-19(22)12-9-17-7-10-18(23-2)11-8-17/h7-8,10-11,16H,3-6,9,12-15H2,1-2H3,(H,20,22). The van der Waals surface area contributed by atoms with Gasteiger partial charge in [0, 0.05) is 25.6 Å². The molecule has 0 aromatic heterocycles. The summed E-state index contributed by atoms with van der Waals surface area (Å²) < 4.78 is 5.13. The Bertz CT molecular complexity index is 473. The summed E-state index contributed by atoms with van der Waals surface area (Å²) in [7, 11) is 1.66. The summed E-state index contributed by atoms with van der Waals surface area (Å²) in [6.07, 6.45) is 6.36. The number of amides is 1. The molecule has 4 heteroatoms. The Labute approximate surface area is 140 Å². The molecule has 0 aliphatic carbocycles. The lowest BCUT2D eigenvalue weighted by Crippen LogP contribution is -2.39. The van der Waals surface area contributed by atoms with Gasteiger partial charge in [-0.2, -0.15) is 0 Å². The fraction of sp³-hybridized carbons (Fsp3) is 0.632. The van der Waals surface area contributed by atoms with Gasteiger partial charge in [-0.3, -0.25) is 4.79 Å². The summed E-state index contributed by atoms with van der Waals surface area (Å²) in [5.74, 6) is 0.998. The van der Waals surface area contributed by atoms with Crippen LogP contribution in [0, 0.1) is 0 Å². The lowest BCUT2D eigenvalue weighted by molar-refractivity contribution is -0.121. The van der Waals surface area contributed by atoms with Gasteiger partial charge < -0.3 is 15.0 Å². The molecule has 1 aromatic rings. The minimum absolute atomic E-state index is 0.146. The number of ether oxygens (including phenoxy) is 1. The summed E-state index contributed by atoms with van der Waals surface area (Å²) in [5.41, 5.74) is 1.17. The van der Waals surface area contributed by atoms with Crippen LogP contribution < -0.4 is 10.1 Å². The molecule has 0 saturated carbocycles. The molecule has 0 bridgehead atoms. The summed E-state index contributed by atoms with van der Waals surface area (Å²) >= 11 is 0. The van der Waals surface area contributed by atoms with Crippen LogP contribution in [0.5, 0.6) is 5.75 Å². The molecule has 1 amide bonds. The van der Waals surface area contributed by atoms with Crippen molar-refractivity contribution in [1.82, 2.24) is 10.2 Å². The Morgan fingerprint density at radius 1 is 1.30 bits per heavy atom. The van der Waals surface area contributed by atoms with Crippen LogP contribution in [0.4, 0.5) is 0 Å². The lowest BCUT2D eigenvalue weighted by Gasteiger charge is -2.33. The average molecular weight is 318 g/mol. The van der Waals surface area contributed by atoms with Crippen LogP contribution in [0.3, 0.4) is 0 Å². The minimum atomic E-state index is 0.146. The molecule has 23 heavy (non-hydrogen) atoms. The molecule has 1 N–H and O–H groups in total. The van der Waals surface area contributed by atoms with Gasteiger partial charge in [0.15, 0.2) is 0 Å². The first-order chi connectivity index (χ1) is 11.2. The van der Waals surface area contributed by atoms with E-state index in [9.17, 15) is 4.79 Å². The second-order valence-corrected chi connectivity index (χ2v) is 6.43. The Kier molecular flexibility index (Phi) is 7.40. The van der Waals surface area contributed by atoms with Gasteiger partial charge in [0.1, 0.15) is 5.75 Å². The van der Waals surface area contributed by atoms with Crippen LogP contribution in [0.2, 0.25) is 0 Å². The Morgan fingerprint density at radius 2 is 2.09 bits per heavy atom. The predicted molar refractivity (Wildman–Crippen MR) is 93.8 cm³/mol. The molecular weight excluding hydrogens is 288 g/mol. The van der Waals surface area contributed by atoms with Gasteiger partial charge in [0.25, 0.3) is 0 Å². The molecule has 1 heterocycles. The fourth-order valence-electron chi connectivity index (χ4n) is 3.14. The number of nitrogens with zero attached hydrogens (tertiary/aromatic N) is 1. The van der Waals surface area contributed by atoms with Crippen LogP contribution in [0.25, 0.3) is 0 Å². The summed E-state index contributed by atoms with van der Waals surface area (Å²) in [4.78, 5) is 14.5. The van der Waals surface area contributed by atoms with Crippen molar-refractivity contribution < 1.29 is 9.53 Å². The molecule has 0 spiro atoms. The van der Waals surface area contributed by atoms with Crippen molar-refractivity contribution in [3.05, 3.63) is 29.8 Å². The van der Waals surface area contributed by atoms with Crippen LogP contribution >= 0.6 is 0 Å². The normalized spacial score (nSPS) is 18.6. The van der Waals surface area contributed by atoms with Gasteiger partial charge in [0.2, 0.25) is 5.91 Å². The number of hydrogen-bond donors (Lipinski definition) is 1. The third kappa shape index (κ3) is 6.22. The molecule has 1 fully saturated rings. The van der Waals surface area contributed by atoms with Crippen LogP contribution in [-0.2, 0) is 11.2 Å². The van der Waals surface area contributed by atoms with Crippen molar-refractivity contribution in [2.45, 2.75) is 51.5 Å². The number of carbonyl (C=O) groups excluding carboxylic acids is 1. The monoisotopic (exact) mass is 318 g/mol. The molecule has 0 radical (unpaired) electrons. The number of rotatable bonds is 8. The van der Waals surface area contributed by atoms with Gasteiger partial charge in [-0.05, 0) is 56.8 Å². The lowest BCUT2D eigenvalue weighted by atomic mass is 10.0. The number of hydrogen-bond acceptors (Lipinski definition) is 3. The van der Waals surface area contributed by atoms with Crippen molar-refractivity contribution in [2.24, 2.45) is 0 Å². The van der Waals surface area contributed by atoms with Gasteiger partial charge in [0.05, 0.1) is 7.11 Å². The van der Waals surface area contributed by atoms with E-state index in [-0.39, 0.29) is 5.91 Å². The van der Waals surface area contributed by atoms with Gasteiger partial charge in [-0.1, -0.05) is 18.6 Å². The first-order valence-corrected chi connectivity index (χ1v) is 8.82. The average Bonchev–Trinajstić information content (AvgIpc) is 2.59. The number of carbonyl (C=O) groups is 1. The van der Waals surface area contributed by atoms with Gasteiger partial charge in [-0.15, -0.1) is 0 Å². The first-order valence-electron chi connectivity index (χ1n) is 8.82. The first kappa shape index (κ1) is 17.8. The van der Waals surface area contributed by atoms with Crippen LogP contribution in [-0.4, -0.2) is 43.6 Å². The molecule has 1 atom stereocenters. The predicted octanol–water partition coefficient (Wildman–Crippen LogP) is 3.01. The second-order valence-electron chi connectivity index (χ2n) is 6.43. The van der Waals surface area contributed by atoms with Crippen molar-refractivity contribution in [1.29, 1.82) is 0 Å². The van der Waals surface area contributed by atoms with Crippen molar-refractivity contribution in [2.75, 3.05) is 26.7 Å².